The van der Waals surface area contributed by atoms with E-state index in [1.807, 2.05) is 0 Å². The van der Waals surface area contributed by atoms with E-state index >= 15 is 0 Å². The number of para-hydroxylation sites is 3. The maximum Gasteiger partial charge on any atom is 0.145 e. The second-order valence-corrected chi connectivity index (χ2v) is 16.8. The Morgan fingerprint density at radius 2 is 1.00 bits per heavy atom. The molecule has 0 aliphatic carbocycles. The van der Waals surface area contributed by atoms with Crippen molar-refractivity contribution < 1.29 is 4.42 Å². The molecule has 0 amide bonds. The first-order chi connectivity index (χ1) is 32.2. The minimum atomic E-state index is 0.860. The fourth-order valence-corrected chi connectivity index (χ4v) is 10.2. The smallest absolute Gasteiger partial charge is 0.145 e. The zero-order valence-corrected chi connectivity index (χ0v) is 35.4. The molecule has 0 bridgehead atoms. The average Bonchev–Trinajstić information content (AvgIpc) is 3.94. The molecule has 0 fully saturated rings. The van der Waals surface area contributed by atoms with Gasteiger partial charge in [0.15, 0.2) is 0 Å². The Morgan fingerprint density at radius 3 is 1.88 bits per heavy atom. The second-order valence-electron chi connectivity index (χ2n) is 16.8. The maximum atomic E-state index is 6.95. The van der Waals surface area contributed by atoms with Crippen molar-refractivity contribution in [2.45, 2.75) is 0 Å². The van der Waals surface area contributed by atoms with E-state index in [9.17, 15) is 0 Å². The van der Waals surface area contributed by atoms with E-state index in [1.54, 1.807) is 0 Å². The van der Waals surface area contributed by atoms with Crippen molar-refractivity contribution in [3.8, 4) is 39.1 Å². The monoisotopic (exact) mass is 828 g/mol. The van der Waals surface area contributed by atoms with Crippen LogP contribution in [0.3, 0.4) is 0 Å². The molecule has 2 heterocycles. The van der Waals surface area contributed by atoms with E-state index < -0.39 is 0 Å². The van der Waals surface area contributed by atoms with Crippen LogP contribution in [-0.2, 0) is 0 Å². The van der Waals surface area contributed by atoms with E-state index in [0.29, 0.717) is 0 Å². The number of benzene rings is 11. The molecule has 0 atom stereocenters. The third-order valence-corrected chi connectivity index (χ3v) is 13.2. The third-order valence-electron chi connectivity index (χ3n) is 13.2. The maximum absolute atomic E-state index is 6.95. The van der Waals surface area contributed by atoms with Crippen LogP contribution in [0.4, 0.5) is 17.1 Å². The van der Waals surface area contributed by atoms with E-state index in [0.717, 1.165) is 61.4 Å². The summed E-state index contributed by atoms with van der Waals surface area (Å²) < 4.78 is 9.34. The molecule has 0 saturated carbocycles. The lowest BCUT2D eigenvalue weighted by Crippen LogP contribution is -2.10. The number of rotatable bonds is 7. The molecule has 3 nitrogen and oxygen atoms in total. The second kappa shape index (κ2) is 15.0. The Morgan fingerprint density at radius 1 is 0.338 bits per heavy atom. The van der Waals surface area contributed by atoms with Crippen molar-refractivity contribution in [2.24, 2.45) is 0 Å². The molecule has 11 aromatic carbocycles. The van der Waals surface area contributed by atoms with Gasteiger partial charge in [-0.05, 0) is 122 Å². The van der Waals surface area contributed by atoms with Crippen molar-refractivity contribution in [2.75, 3.05) is 4.90 Å². The van der Waals surface area contributed by atoms with Crippen molar-refractivity contribution in [1.82, 2.24) is 4.57 Å². The zero-order valence-electron chi connectivity index (χ0n) is 35.4. The first-order valence-corrected chi connectivity index (χ1v) is 22.2. The van der Waals surface area contributed by atoms with Crippen LogP contribution in [0, 0.1) is 0 Å². The topological polar surface area (TPSA) is 21.3 Å². The molecule has 0 saturated heterocycles. The van der Waals surface area contributed by atoms with Gasteiger partial charge >= 0.3 is 0 Å². The van der Waals surface area contributed by atoms with Crippen LogP contribution in [0.2, 0.25) is 0 Å². The van der Waals surface area contributed by atoms with Crippen LogP contribution in [0.15, 0.2) is 247 Å². The summed E-state index contributed by atoms with van der Waals surface area (Å²) in [4.78, 5) is 2.41. The highest BCUT2D eigenvalue weighted by molar-refractivity contribution is 6.19. The minimum absolute atomic E-state index is 0.860. The predicted octanol–water partition coefficient (Wildman–Crippen LogP) is 17.5. The molecule has 2 aromatic heterocycles. The molecular weight excluding hydrogens is 789 g/mol. The van der Waals surface area contributed by atoms with Crippen LogP contribution < -0.4 is 4.90 Å². The normalized spacial score (nSPS) is 11.7. The average molecular weight is 829 g/mol. The molecule has 0 unspecified atom stereocenters. The molecule has 0 N–H and O–H groups in total. The Hall–Kier alpha value is -8.66. The van der Waals surface area contributed by atoms with Gasteiger partial charge in [0, 0.05) is 38.8 Å². The minimum Gasteiger partial charge on any atom is -0.455 e. The Labute approximate surface area is 376 Å². The fraction of sp³-hybridized carbons (Fsp3) is 0. The first kappa shape index (κ1) is 36.9. The lowest BCUT2D eigenvalue weighted by molar-refractivity contribution is 0.670. The van der Waals surface area contributed by atoms with Gasteiger partial charge < -0.3 is 13.9 Å². The van der Waals surface area contributed by atoms with Gasteiger partial charge in [0.1, 0.15) is 11.2 Å². The summed E-state index contributed by atoms with van der Waals surface area (Å²) in [6, 6.07) is 87.7. The van der Waals surface area contributed by atoms with Gasteiger partial charge in [-0.25, -0.2) is 0 Å². The molecule has 0 aliphatic heterocycles. The van der Waals surface area contributed by atoms with Gasteiger partial charge in [0.2, 0.25) is 0 Å². The van der Waals surface area contributed by atoms with Crippen molar-refractivity contribution in [3.63, 3.8) is 0 Å². The van der Waals surface area contributed by atoms with Crippen molar-refractivity contribution in [1.29, 1.82) is 0 Å². The van der Waals surface area contributed by atoms with Crippen LogP contribution in [0.1, 0.15) is 0 Å². The third kappa shape index (κ3) is 6.05. The van der Waals surface area contributed by atoms with Crippen LogP contribution in [0.25, 0.3) is 104 Å². The van der Waals surface area contributed by atoms with Crippen LogP contribution in [-0.4, -0.2) is 4.57 Å². The SMILES string of the molecule is c1ccc(-n2c3ccccc3c3c(-c4cccc(N(c5ccc(-c6ccc7ccccc7c6)cc5)c5ccc(-c6cccc7ccccc67)c6oc7ccccc7c56)c4)cccc32)cc1. The molecule has 304 valence electrons. The molecule has 13 aromatic rings. The van der Waals surface area contributed by atoms with Gasteiger partial charge in [-0.3, -0.25) is 0 Å². The summed E-state index contributed by atoms with van der Waals surface area (Å²) in [6.45, 7) is 0. The Balaban J connectivity index is 1.04. The lowest BCUT2D eigenvalue weighted by Gasteiger charge is -2.27. The molecule has 13 rings (SSSR count). The largest absolute Gasteiger partial charge is 0.455 e. The summed E-state index contributed by atoms with van der Waals surface area (Å²) in [6.07, 6.45) is 0. The van der Waals surface area contributed by atoms with Gasteiger partial charge in [0.05, 0.1) is 22.1 Å². The summed E-state index contributed by atoms with van der Waals surface area (Å²) in [5, 5.41) is 9.47. The Bertz CT molecular complexity index is 3950. The van der Waals surface area contributed by atoms with E-state index in [-0.39, 0.29) is 0 Å². The number of fused-ring (bicyclic) bond motifs is 8. The number of aromatic nitrogens is 1. The molecule has 0 spiro atoms. The van der Waals surface area contributed by atoms with E-state index in [2.05, 4.69) is 252 Å². The summed E-state index contributed by atoms with van der Waals surface area (Å²) in [7, 11) is 0. The van der Waals surface area contributed by atoms with E-state index in [1.165, 1.54) is 60.0 Å². The molecule has 65 heavy (non-hydrogen) atoms. The summed E-state index contributed by atoms with van der Waals surface area (Å²) >= 11 is 0. The number of furan rings is 1. The number of hydrogen-bond donors (Lipinski definition) is 0. The van der Waals surface area contributed by atoms with Crippen molar-refractivity contribution >= 4 is 82.4 Å². The van der Waals surface area contributed by atoms with Gasteiger partial charge in [-0.1, -0.05) is 170 Å². The predicted molar refractivity (Wildman–Crippen MR) is 274 cm³/mol. The summed E-state index contributed by atoms with van der Waals surface area (Å²) in [5.41, 5.74) is 15.3. The van der Waals surface area contributed by atoms with Gasteiger partial charge in [-0.2, -0.15) is 0 Å². The fourth-order valence-electron chi connectivity index (χ4n) is 10.2. The standard InChI is InChI=1S/C62H40N2O/c1-2-20-47(21-3-1)64-56-28-10-8-24-54(56)60-51(26-14-29-57(60)64)46-19-12-22-49(40-46)63(48-35-33-42(34-36-48)45-32-31-41-15-4-5-17-44(41)39-45)58-38-37-53(52-27-13-18-43-16-6-7-23-50(43)52)62-61(58)55-25-9-11-30-59(55)65-62/h1-40H. The molecular formula is C62H40N2O. The summed E-state index contributed by atoms with van der Waals surface area (Å²) in [5.74, 6) is 0. The zero-order chi connectivity index (χ0) is 42.8. The lowest BCUT2D eigenvalue weighted by atomic mass is 9.95. The van der Waals surface area contributed by atoms with Gasteiger partial charge in [-0.15, -0.1) is 0 Å². The molecule has 3 heteroatoms. The highest BCUT2D eigenvalue weighted by Crippen LogP contribution is 2.48. The van der Waals surface area contributed by atoms with Gasteiger partial charge in [0.25, 0.3) is 0 Å². The van der Waals surface area contributed by atoms with Crippen molar-refractivity contribution in [3.05, 3.63) is 243 Å². The molecule has 0 radical (unpaired) electrons. The number of nitrogens with zero attached hydrogens (tertiary/aromatic N) is 2. The first-order valence-electron chi connectivity index (χ1n) is 22.2. The highest BCUT2D eigenvalue weighted by atomic mass is 16.3. The Kier molecular flexibility index (Phi) is 8.53. The molecule has 0 aliphatic rings. The van der Waals surface area contributed by atoms with Crippen LogP contribution >= 0.6 is 0 Å². The number of anilines is 3. The highest BCUT2D eigenvalue weighted by Gasteiger charge is 2.24. The number of hydrogen-bond acceptors (Lipinski definition) is 2. The quantitative estimate of drug-likeness (QED) is 0.160. The van der Waals surface area contributed by atoms with Crippen LogP contribution in [0.5, 0.6) is 0 Å². The van der Waals surface area contributed by atoms with E-state index in [4.69, 9.17) is 4.42 Å².